The molecule has 2 saturated heterocycles. The number of alkyl halides is 4. The fourth-order valence-corrected chi connectivity index (χ4v) is 6.29. The number of aromatic nitrogens is 4. The van der Waals surface area contributed by atoms with Crippen LogP contribution < -0.4 is 20.7 Å². The van der Waals surface area contributed by atoms with E-state index in [4.69, 9.17) is 11.6 Å². The van der Waals surface area contributed by atoms with Crippen LogP contribution in [0.2, 0.25) is 5.02 Å². The van der Waals surface area contributed by atoms with Crippen LogP contribution in [0.15, 0.2) is 51.6 Å². The van der Waals surface area contributed by atoms with Crippen molar-refractivity contribution in [1.29, 1.82) is 0 Å². The third kappa shape index (κ3) is 7.46. The van der Waals surface area contributed by atoms with Crippen molar-refractivity contribution in [2.75, 3.05) is 54.4 Å². The molecule has 50 heavy (non-hydrogen) atoms. The Morgan fingerprint density at radius 1 is 1.18 bits per heavy atom. The molecule has 268 valence electrons. The summed E-state index contributed by atoms with van der Waals surface area (Å²) in [5, 5.41) is 16.9. The average Bonchev–Trinajstić information content (AvgIpc) is 3.53. The Morgan fingerprint density at radius 3 is 2.50 bits per heavy atom. The van der Waals surface area contributed by atoms with E-state index in [0.29, 0.717) is 31.1 Å². The number of aliphatic hydroxyl groups excluding tert-OH is 1. The van der Waals surface area contributed by atoms with Gasteiger partial charge in [0, 0.05) is 32.7 Å². The Hall–Kier alpha value is -4.93. The topological polar surface area (TPSA) is 141 Å². The number of piperidine rings is 1. The molecule has 4 heterocycles. The van der Waals surface area contributed by atoms with Crippen molar-refractivity contribution in [3.05, 3.63) is 68.4 Å². The van der Waals surface area contributed by atoms with Gasteiger partial charge in [0.1, 0.15) is 24.2 Å². The summed E-state index contributed by atoms with van der Waals surface area (Å²) in [7, 11) is 0. The van der Waals surface area contributed by atoms with Gasteiger partial charge in [0.05, 0.1) is 28.5 Å². The van der Waals surface area contributed by atoms with Gasteiger partial charge in [-0.05, 0) is 57.2 Å². The summed E-state index contributed by atoms with van der Waals surface area (Å²) in [6, 6.07) is 2.56. The van der Waals surface area contributed by atoms with Gasteiger partial charge in [0.25, 0.3) is 11.5 Å². The molecule has 18 heteroatoms. The van der Waals surface area contributed by atoms with Gasteiger partial charge in [0.15, 0.2) is 5.70 Å². The van der Waals surface area contributed by atoms with E-state index in [9.17, 15) is 37.1 Å². The molecular weight excluding hydrogens is 686 g/mol. The number of rotatable bonds is 9. The molecule has 1 atom stereocenters. The van der Waals surface area contributed by atoms with Gasteiger partial charge < -0.3 is 29.7 Å². The van der Waals surface area contributed by atoms with Crippen molar-refractivity contribution in [2.24, 2.45) is 4.99 Å². The number of fused-ring (bicyclic) bond motifs is 1. The number of nitrogens with zero attached hydrogens (tertiary/aromatic N) is 8. The molecule has 1 unspecified atom stereocenters. The minimum Gasteiger partial charge on any atom is -0.505 e. The maximum absolute atomic E-state index is 14.3. The highest BCUT2D eigenvalue weighted by molar-refractivity contribution is 6.33. The zero-order chi connectivity index (χ0) is 36.3. The van der Waals surface area contributed by atoms with Crippen molar-refractivity contribution in [2.45, 2.75) is 52.0 Å². The number of nitrogens with one attached hydrogen (secondary N) is 1. The molecule has 0 aliphatic carbocycles. The molecule has 2 N–H and O–H groups in total. The minimum absolute atomic E-state index is 0.0142. The largest absolute Gasteiger partial charge is 0.505 e. The van der Waals surface area contributed by atoms with Crippen LogP contribution in [0.1, 0.15) is 37.9 Å². The Labute approximate surface area is 289 Å². The normalized spacial score (nSPS) is 17.7. The number of benzene rings is 1. The molecular formula is C32H36ClF4N9O4. The van der Waals surface area contributed by atoms with Crippen molar-refractivity contribution in [1.82, 2.24) is 24.1 Å². The number of piperazine rings is 1. The van der Waals surface area contributed by atoms with Crippen LogP contribution in [0.25, 0.3) is 5.78 Å². The molecule has 0 spiro atoms. The lowest BCUT2D eigenvalue weighted by Gasteiger charge is -2.36. The lowest BCUT2D eigenvalue weighted by atomic mass is 10.1. The number of halogens is 5. The van der Waals surface area contributed by atoms with Gasteiger partial charge in [-0.2, -0.15) is 22.7 Å². The summed E-state index contributed by atoms with van der Waals surface area (Å²) >= 11 is 6.09. The van der Waals surface area contributed by atoms with Gasteiger partial charge in [-0.15, -0.1) is 5.10 Å². The lowest BCUT2D eigenvalue weighted by molar-refractivity contribution is -0.137. The number of amides is 2. The summed E-state index contributed by atoms with van der Waals surface area (Å²) in [5.41, 5.74) is -1.15. The van der Waals surface area contributed by atoms with Gasteiger partial charge >= 0.3 is 6.18 Å². The molecule has 0 radical (unpaired) electrons. The standard InChI is InChI=1S/C32H36ClF4N9O4/c1-4-7-24(47)26(38-3)28(49)43-14-12-42(13-15-43)27-23(5-2)45(18-25(48)39-22-10-9-19(16-21(22)33)32(35,36)37)31-40-30(41-46(31)29(27)50)44-11-6-8-20(34)17-44/h4,7,9-10,16,20,47H,3,5-6,8,11-15,17-18H2,1-2H3,(H,39,48)/b7-4-,26-24+. The SMILES string of the molecule is C=N/C(C(=O)N1CCN(c2c(CC)n(CC(=O)Nc3ccc(C(F)(F)F)cc3Cl)c3nc(N4CCCC(F)C4)nn3c2=O)CC1)=C(O)\C=C/C. The molecule has 2 aliphatic heterocycles. The maximum Gasteiger partial charge on any atom is 0.416 e. The number of allylic oxidation sites excluding steroid dienone is 2. The Bertz CT molecular complexity index is 1920. The molecule has 5 rings (SSSR count). The van der Waals surface area contributed by atoms with Crippen LogP contribution in [0.5, 0.6) is 0 Å². The Balaban J connectivity index is 1.51. The predicted molar refractivity (Wildman–Crippen MR) is 181 cm³/mol. The van der Waals surface area contributed by atoms with E-state index in [-0.39, 0.29) is 78.7 Å². The molecule has 13 nitrogen and oxygen atoms in total. The number of aliphatic imine (C=N–C) groups is 1. The van der Waals surface area contributed by atoms with Crippen LogP contribution in [0.4, 0.5) is 34.9 Å². The highest BCUT2D eigenvalue weighted by Crippen LogP contribution is 2.34. The molecule has 2 fully saturated rings. The zero-order valence-electron chi connectivity index (χ0n) is 27.4. The van der Waals surface area contributed by atoms with Crippen LogP contribution in [0.3, 0.4) is 0 Å². The second-order valence-electron chi connectivity index (χ2n) is 11.8. The number of carbonyl (C=O) groups excluding carboxylic acids is 2. The summed E-state index contributed by atoms with van der Waals surface area (Å²) in [5.74, 6) is -1.42. The summed E-state index contributed by atoms with van der Waals surface area (Å²) in [6.45, 7) is 7.61. The minimum atomic E-state index is -4.63. The molecule has 1 aromatic carbocycles. The second-order valence-corrected chi connectivity index (χ2v) is 12.2. The second kappa shape index (κ2) is 14.9. The highest BCUT2D eigenvalue weighted by Gasteiger charge is 2.33. The molecule has 2 amide bonds. The Morgan fingerprint density at radius 2 is 1.90 bits per heavy atom. The van der Waals surface area contributed by atoms with Crippen LogP contribution >= 0.6 is 11.6 Å². The lowest BCUT2D eigenvalue weighted by Crippen LogP contribution is -2.51. The van der Waals surface area contributed by atoms with E-state index >= 15 is 0 Å². The van der Waals surface area contributed by atoms with Gasteiger partial charge in [-0.3, -0.25) is 19.4 Å². The number of anilines is 3. The van der Waals surface area contributed by atoms with E-state index in [1.54, 1.807) is 29.7 Å². The van der Waals surface area contributed by atoms with Gasteiger partial charge in [-0.25, -0.2) is 4.39 Å². The van der Waals surface area contributed by atoms with Gasteiger partial charge in [-0.1, -0.05) is 24.6 Å². The van der Waals surface area contributed by atoms with Crippen LogP contribution in [-0.4, -0.2) is 93.1 Å². The van der Waals surface area contributed by atoms with Crippen LogP contribution in [-0.2, 0) is 28.7 Å². The van der Waals surface area contributed by atoms with E-state index < -0.39 is 41.8 Å². The van der Waals surface area contributed by atoms with Crippen LogP contribution in [0, 0.1) is 0 Å². The number of hydrogen-bond donors (Lipinski definition) is 2. The molecule has 0 saturated carbocycles. The van der Waals surface area contributed by atoms with Crippen molar-refractivity contribution in [3.8, 4) is 0 Å². The van der Waals surface area contributed by atoms with Crippen molar-refractivity contribution >= 4 is 53.2 Å². The first-order chi connectivity index (χ1) is 23.8. The molecule has 2 aliphatic rings. The first-order valence-electron chi connectivity index (χ1n) is 15.9. The molecule has 2 aromatic heterocycles. The first kappa shape index (κ1) is 36.4. The van der Waals surface area contributed by atoms with E-state index in [1.807, 2.05) is 0 Å². The van der Waals surface area contributed by atoms with E-state index in [1.165, 1.54) is 15.5 Å². The number of carbonyl (C=O) groups is 2. The van der Waals surface area contributed by atoms with E-state index in [0.717, 1.165) is 16.6 Å². The van der Waals surface area contributed by atoms with E-state index in [2.05, 4.69) is 27.1 Å². The van der Waals surface area contributed by atoms with Gasteiger partial charge in [0.2, 0.25) is 17.6 Å². The molecule has 0 bridgehead atoms. The summed E-state index contributed by atoms with van der Waals surface area (Å²) < 4.78 is 56.4. The molecule has 3 aromatic rings. The third-order valence-electron chi connectivity index (χ3n) is 8.48. The average molecular weight is 722 g/mol. The maximum atomic E-state index is 14.3. The predicted octanol–water partition coefficient (Wildman–Crippen LogP) is 4.40. The zero-order valence-corrected chi connectivity index (χ0v) is 28.1. The van der Waals surface area contributed by atoms with Crippen molar-refractivity contribution in [3.63, 3.8) is 0 Å². The fourth-order valence-electron chi connectivity index (χ4n) is 6.06. The monoisotopic (exact) mass is 721 g/mol. The number of hydrogen-bond acceptors (Lipinski definition) is 9. The third-order valence-corrected chi connectivity index (χ3v) is 8.79. The first-order valence-corrected chi connectivity index (χ1v) is 16.3. The summed E-state index contributed by atoms with van der Waals surface area (Å²) in [6.07, 6.45) is -1.67. The van der Waals surface area contributed by atoms with Crippen molar-refractivity contribution < 1.29 is 32.3 Å². The quantitative estimate of drug-likeness (QED) is 0.109. The fraction of sp³-hybridized carbons (Fsp3) is 0.438. The Kier molecular flexibility index (Phi) is 10.8. The summed E-state index contributed by atoms with van der Waals surface area (Å²) in [4.78, 5) is 53.9. The number of aliphatic hydroxyl groups is 1. The highest BCUT2D eigenvalue weighted by atomic mass is 35.5. The smallest absolute Gasteiger partial charge is 0.416 e.